The maximum Gasteiger partial charge on any atom is 0.325 e. The number of carbonyl (C=O) groups is 3. The number of nitrogens with zero attached hydrogens (tertiary/aromatic N) is 3. The Morgan fingerprint density at radius 3 is 2.83 bits per heavy atom. The average molecular weight is 321 g/mol. The maximum absolute atomic E-state index is 12.3. The van der Waals surface area contributed by atoms with Gasteiger partial charge in [0, 0.05) is 24.7 Å². The van der Waals surface area contributed by atoms with Crippen LogP contribution in [0.5, 0.6) is 0 Å². The van der Waals surface area contributed by atoms with E-state index in [1.807, 2.05) is 13.0 Å². The molecule has 124 valence electrons. The van der Waals surface area contributed by atoms with E-state index in [0.29, 0.717) is 13.0 Å². The van der Waals surface area contributed by atoms with Gasteiger partial charge >= 0.3 is 6.03 Å². The van der Waals surface area contributed by atoms with Crippen LogP contribution in [-0.4, -0.2) is 75.2 Å². The number of amides is 4. The first-order valence-electron chi connectivity index (χ1n) is 7.49. The monoisotopic (exact) mass is 321 g/mol. The summed E-state index contributed by atoms with van der Waals surface area (Å²) < 4.78 is 0. The Balaban J connectivity index is 1.58. The number of likely N-dealkylation sites (tertiary alicyclic amines) is 1. The molecule has 0 spiro atoms. The largest absolute Gasteiger partial charge is 0.391 e. The van der Waals surface area contributed by atoms with Crippen molar-refractivity contribution in [2.75, 3.05) is 26.2 Å². The van der Waals surface area contributed by atoms with Crippen LogP contribution in [-0.2, 0) is 16.0 Å². The van der Waals surface area contributed by atoms with E-state index in [9.17, 15) is 19.5 Å². The summed E-state index contributed by atoms with van der Waals surface area (Å²) in [5, 5.41) is 19.5. The van der Waals surface area contributed by atoms with Crippen molar-refractivity contribution >= 4 is 17.8 Å². The second kappa shape index (κ2) is 5.99. The summed E-state index contributed by atoms with van der Waals surface area (Å²) in [7, 11) is 0. The molecule has 0 aliphatic carbocycles. The van der Waals surface area contributed by atoms with E-state index in [4.69, 9.17) is 0 Å². The number of urea groups is 1. The molecule has 0 saturated carbocycles. The van der Waals surface area contributed by atoms with Crippen LogP contribution in [0.1, 0.15) is 11.4 Å². The van der Waals surface area contributed by atoms with E-state index in [-0.39, 0.29) is 31.5 Å². The van der Waals surface area contributed by atoms with Crippen LogP contribution in [0, 0.1) is 12.8 Å². The fourth-order valence-corrected chi connectivity index (χ4v) is 2.96. The number of hydrogen-bond acceptors (Lipinski definition) is 5. The van der Waals surface area contributed by atoms with Crippen molar-refractivity contribution in [2.24, 2.45) is 5.92 Å². The second-order valence-corrected chi connectivity index (χ2v) is 6.01. The molecule has 3 N–H and O–H groups in total. The zero-order chi connectivity index (χ0) is 16.6. The Hall–Kier alpha value is -2.42. The minimum atomic E-state index is -0.640. The number of aliphatic hydroxyl groups excluding tert-OH is 1. The van der Waals surface area contributed by atoms with E-state index in [1.165, 1.54) is 4.90 Å². The van der Waals surface area contributed by atoms with Crippen LogP contribution in [0.3, 0.4) is 0 Å². The van der Waals surface area contributed by atoms with Crippen LogP contribution in [0.2, 0.25) is 0 Å². The number of aryl methyl sites for hydroxylation is 1. The van der Waals surface area contributed by atoms with Gasteiger partial charge in [0.05, 0.1) is 18.3 Å². The maximum atomic E-state index is 12.3. The van der Waals surface area contributed by atoms with Crippen molar-refractivity contribution < 1.29 is 19.5 Å². The summed E-state index contributed by atoms with van der Waals surface area (Å²) in [4.78, 5) is 37.6. The molecule has 2 saturated heterocycles. The van der Waals surface area contributed by atoms with Crippen molar-refractivity contribution in [2.45, 2.75) is 19.4 Å². The van der Waals surface area contributed by atoms with Crippen molar-refractivity contribution in [3.05, 3.63) is 17.5 Å². The number of aromatic amines is 1. The standard InChI is InChI=1S/C14H19N5O4/c1-8-2-10(17-16-8)3-9-5-18(6-11(9)20)13(22)7-19-12(21)4-15-14(19)23/h2,9,11,20H,3-7H2,1H3,(H,15,23)(H,16,17)/t9-,11-/m1/s1. The van der Waals surface area contributed by atoms with E-state index in [1.54, 1.807) is 0 Å². The molecule has 0 radical (unpaired) electrons. The van der Waals surface area contributed by atoms with Crippen LogP contribution < -0.4 is 5.32 Å². The van der Waals surface area contributed by atoms with Gasteiger partial charge < -0.3 is 15.3 Å². The van der Waals surface area contributed by atoms with Gasteiger partial charge in [0.2, 0.25) is 5.91 Å². The number of imide groups is 1. The van der Waals surface area contributed by atoms with Gasteiger partial charge in [-0.25, -0.2) is 4.79 Å². The molecule has 0 bridgehead atoms. The van der Waals surface area contributed by atoms with Gasteiger partial charge in [0.1, 0.15) is 6.54 Å². The molecule has 23 heavy (non-hydrogen) atoms. The summed E-state index contributed by atoms with van der Waals surface area (Å²) >= 11 is 0. The summed E-state index contributed by atoms with van der Waals surface area (Å²) in [5.74, 6) is -0.855. The highest BCUT2D eigenvalue weighted by molar-refractivity contribution is 6.04. The summed E-state index contributed by atoms with van der Waals surface area (Å²) in [6.45, 7) is 2.13. The molecule has 2 fully saturated rings. The molecule has 1 aromatic rings. The number of nitrogens with one attached hydrogen (secondary N) is 2. The van der Waals surface area contributed by atoms with Gasteiger partial charge in [-0.05, 0) is 19.4 Å². The highest BCUT2D eigenvalue weighted by Gasteiger charge is 2.37. The lowest BCUT2D eigenvalue weighted by Crippen LogP contribution is -2.42. The number of rotatable bonds is 4. The number of H-pyrrole nitrogens is 1. The zero-order valence-corrected chi connectivity index (χ0v) is 12.8. The number of aromatic nitrogens is 2. The third-order valence-corrected chi connectivity index (χ3v) is 4.22. The van der Waals surface area contributed by atoms with Gasteiger partial charge in [0.25, 0.3) is 5.91 Å². The molecule has 1 aromatic heterocycles. The molecular weight excluding hydrogens is 302 g/mol. The zero-order valence-electron chi connectivity index (χ0n) is 12.8. The Kier molecular flexibility index (Phi) is 4.03. The van der Waals surface area contributed by atoms with Crippen LogP contribution >= 0.6 is 0 Å². The predicted molar refractivity (Wildman–Crippen MR) is 78.2 cm³/mol. The molecule has 2 aliphatic rings. The first kappa shape index (κ1) is 15.5. The highest BCUT2D eigenvalue weighted by Crippen LogP contribution is 2.21. The van der Waals surface area contributed by atoms with Gasteiger partial charge in [-0.3, -0.25) is 19.6 Å². The number of β-amino-alcohol motifs (C(OH)–C–C–N with tert-alkyl or cyclic N) is 1. The van der Waals surface area contributed by atoms with Gasteiger partial charge in [0.15, 0.2) is 0 Å². The molecule has 4 amide bonds. The number of carbonyl (C=O) groups excluding carboxylic acids is 3. The molecule has 3 heterocycles. The van der Waals surface area contributed by atoms with Crippen LogP contribution in [0.15, 0.2) is 6.07 Å². The minimum absolute atomic E-state index is 0.0735. The fourth-order valence-electron chi connectivity index (χ4n) is 2.96. The normalized spacial score (nSPS) is 24.4. The number of hydrogen-bond donors (Lipinski definition) is 3. The summed E-state index contributed by atoms with van der Waals surface area (Å²) in [5.41, 5.74) is 1.79. The van der Waals surface area contributed by atoms with E-state index in [2.05, 4.69) is 15.5 Å². The summed E-state index contributed by atoms with van der Waals surface area (Å²) in [6, 6.07) is 1.36. The first-order valence-corrected chi connectivity index (χ1v) is 7.49. The molecule has 9 nitrogen and oxygen atoms in total. The van der Waals surface area contributed by atoms with Crippen molar-refractivity contribution in [1.82, 2.24) is 25.3 Å². The predicted octanol–water partition coefficient (Wildman–Crippen LogP) is -1.37. The van der Waals surface area contributed by atoms with Crippen molar-refractivity contribution in [3.8, 4) is 0 Å². The van der Waals surface area contributed by atoms with Crippen molar-refractivity contribution in [3.63, 3.8) is 0 Å². The molecule has 0 unspecified atom stereocenters. The summed E-state index contributed by atoms with van der Waals surface area (Å²) in [6.07, 6.45) is -0.0719. The van der Waals surface area contributed by atoms with Gasteiger partial charge in [-0.2, -0.15) is 5.10 Å². The molecular formula is C14H19N5O4. The third kappa shape index (κ3) is 3.19. The first-order chi connectivity index (χ1) is 10.9. The second-order valence-electron chi connectivity index (χ2n) is 6.01. The van der Waals surface area contributed by atoms with Gasteiger partial charge in [-0.1, -0.05) is 0 Å². The Labute approximate surface area is 132 Å². The van der Waals surface area contributed by atoms with E-state index >= 15 is 0 Å². The highest BCUT2D eigenvalue weighted by atomic mass is 16.3. The number of aliphatic hydroxyl groups is 1. The van der Waals surface area contributed by atoms with Gasteiger partial charge in [-0.15, -0.1) is 0 Å². The quantitative estimate of drug-likeness (QED) is 0.591. The lowest BCUT2D eigenvalue weighted by atomic mass is 10.0. The molecule has 2 aliphatic heterocycles. The SMILES string of the molecule is Cc1cc(C[C@@H]2CN(C(=O)CN3C(=O)CNC3=O)C[C@H]2O)n[nH]1. The fraction of sp³-hybridized carbons (Fsp3) is 0.571. The van der Waals surface area contributed by atoms with Crippen molar-refractivity contribution in [1.29, 1.82) is 0 Å². The third-order valence-electron chi connectivity index (χ3n) is 4.22. The Bertz CT molecular complexity index is 627. The smallest absolute Gasteiger partial charge is 0.325 e. The molecule has 0 aromatic carbocycles. The lowest BCUT2D eigenvalue weighted by Gasteiger charge is -2.19. The molecule has 9 heteroatoms. The topological polar surface area (TPSA) is 119 Å². The van der Waals surface area contributed by atoms with Crippen LogP contribution in [0.25, 0.3) is 0 Å². The minimum Gasteiger partial charge on any atom is -0.391 e. The van der Waals surface area contributed by atoms with E-state index < -0.39 is 18.0 Å². The molecule has 2 atom stereocenters. The lowest BCUT2D eigenvalue weighted by molar-refractivity contribution is -0.136. The average Bonchev–Trinajstić information content (AvgIpc) is 3.16. The van der Waals surface area contributed by atoms with Crippen LogP contribution in [0.4, 0.5) is 4.79 Å². The van der Waals surface area contributed by atoms with E-state index in [0.717, 1.165) is 16.3 Å². The Morgan fingerprint density at radius 1 is 1.43 bits per heavy atom. The Morgan fingerprint density at radius 2 is 2.22 bits per heavy atom. The molecule has 3 rings (SSSR count).